The van der Waals surface area contributed by atoms with Gasteiger partial charge in [-0.1, -0.05) is 12.1 Å². The molecule has 2 aliphatic rings. The molecule has 4 heteroatoms. The number of carbonyl (C=O) groups is 1. The Morgan fingerprint density at radius 1 is 1.33 bits per heavy atom. The minimum atomic E-state index is -0.115. The van der Waals surface area contributed by atoms with Gasteiger partial charge in [0.2, 0.25) is 0 Å². The van der Waals surface area contributed by atoms with Crippen molar-refractivity contribution in [2.45, 2.75) is 43.8 Å². The normalized spacial score (nSPS) is 30.7. The van der Waals surface area contributed by atoms with Crippen LogP contribution in [0.2, 0.25) is 0 Å². The average Bonchev–Trinajstić information content (AvgIpc) is 3.21. The number of hydrogen-bond acceptors (Lipinski definition) is 4. The molecule has 2 fully saturated rings. The summed E-state index contributed by atoms with van der Waals surface area (Å²) in [6, 6.07) is 9.62. The monoisotopic (exact) mass is 285 g/mol. The first-order valence-electron chi connectivity index (χ1n) is 7.46. The molecule has 0 bridgehead atoms. The van der Waals surface area contributed by atoms with E-state index >= 15 is 0 Å². The van der Waals surface area contributed by atoms with Crippen molar-refractivity contribution in [1.82, 2.24) is 0 Å². The minimum absolute atomic E-state index is 0.0491. The first-order valence-corrected chi connectivity index (χ1v) is 7.46. The van der Waals surface area contributed by atoms with E-state index in [0.29, 0.717) is 5.56 Å². The molecule has 0 aliphatic heterocycles. The molecule has 110 valence electrons. The lowest BCUT2D eigenvalue weighted by Gasteiger charge is -2.18. The van der Waals surface area contributed by atoms with Crippen molar-refractivity contribution in [3.05, 3.63) is 35.4 Å². The first-order chi connectivity index (χ1) is 10.2. The van der Waals surface area contributed by atoms with E-state index in [1.165, 1.54) is 0 Å². The summed E-state index contributed by atoms with van der Waals surface area (Å²) in [5.74, 6) is 0.0292. The molecule has 0 unspecified atom stereocenters. The fourth-order valence-electron chi connectivity index (χ4n) is 3.20. The van der Waals surface area contributed by atoms with Crippen LogP contribution in [0.5, 0.6) is 0 Å². The number of nitriles is 1. The number of rotatable bonds is 4. The van der Waals surface area contributed by atoms with E-state index in [0.717, 1.165) is 31.2 Å². The Morgan fingerprint density at radius 2 is 2.14 bits per heavy atom. The highest BCUT2D eigenvalue weighted by Crippen LogP contribution is 2.48. The van der Waals surface area contributed by atoms with Gasteiger partial charge in [0.25, 0.3) is 0 Å². The highest BCUT2D eigenvalue weighted by Gasteiger charge is 2.46. The second-order valence-electron chi connectivity index (χ2n) is 5.87. The number of benzene rings is 1. The molecule has 0 heterocycles. The summed E-state index contributed by atoms with van der Waals surface area (Å²) >= 11 is 0. The zero-order valence-electron chi connectivity index (χ0n) is 12.1. The van der Waals surface area contributed by atoms with Gasteiger partial charge in [-0.05, 0) is 49.3 Å². The zero-order chi connectivity index (χ0) is 14.8. The Bertz CT molecular complexity index is 578. The summed E-state index contributed by atoms with van der Waals surface area (Å²) in [4.78, 5) is 12.2. The molecule has 2 saturated carbocycles. The summed E-state index contributed by atoms with van der Waals surface area (Å²) in [6.45, 7) is 0. The molecule has 4 nitrogen and oxygen atoms in total. The van der Waals surface area contributed by atoms with Crippen molar-refractivity contribution in [2.24, 2.45) is 5.92 Å². The molecule has 1 aromatic carbocycles. The highest BCUT2D eigenvalue weighted by molar-refractivity contribution is 5.77. The summed E-state index contributed by atoms with van der Waals surface area (Å²) in [6.07, 6.45) is 3.69. The number of methoxy groups -OCH3 is 1. The molecule has 3 rings (SSSR count). The smallest absolute Gasteiger partial charge is 0.309 e. The van der Waals surface area contributed by atoms with Gasteiger partial charge in [0.1, 0.15) is 6.10 Å². The van der Waals surface area contributed by atoms with Crippen LogP contribution in [-0.2, 0) is 14.3 Å². The van der Waals surface area contributed by atoms with E-state index in [-0.39, 0.29) is 30.0 Å². The number of esters is 1. The van der Waals surface area contributed by atoms with Gasteiger partial charge in [-0.25, -0.2) is 0 Å². The van der Waals surface area contributed by atoms with Crippen LogP contribution in [0.15, 0.2) is 24.3 Å². The van der Waals surface area contributed by atoms with Crippen LogP contribution in [0.25, 0.3) is 0 Å². The maximum Gasteiger partial charge on any atom is 0.309 e. The lowest BCUT2D eigenvalue weighted by Crippen LogP contribution is -2.28. The second-order valence-corrected chi connectivity index (χ2v) is 5.87. The lowest BCUT2D eigenvalue weighted by atomic mass is 10.1. The van der Waals surface area contributed by atoms with Gasteiger partial charge in [-0.15, -0.1) is 0 Å². The molecule has 0 amide bonds. The van der Waals surface area contributed by atoms with Crippen molar-refractivity contribution in [3.63, 3.8) is 0 Å². The van der Waals surface area contributed by atoms with E-state index in [1.807, 2.05) is 18.2 Å². The number of hydrogen-bond donors (Lipinski definition) is 0. The van der Waals surface area contributed by atoms with Crippen LogP contribution < -0.4 is 0 Å². The maximum absolute atomic E-state index is 12.2. The van der Waals surface area contributed by atoms with Crippen LogP contribution in [-0.4, -0.2) is 25.3 Å². The summed E-state index contributed by atoms with van der Waals surface area (Å²) in [5.41, 5.74) is 1.70. The Hall–Kier alpha value is -1.86. The molecule has 4 atom stereocenters. The molecule has 0 N–H and O–H groups in total. The topological polar surface area (TPSA) is 59.3 Å². The second kappa shape index (κ2) is 5.87. The lowest BCUT2D eigenvalue weighted by molar-refractivity contribution is -0.156. The standard InChI is InChI=1S/C17H19NO3/c1-20-15-6-3-7-16(15)21-17(19)14-9-13(14)12-5-2-4-11(8-12)10-18/h2,4-5,8,13-16H,3,6-7,9H2,1H3/t13-,14+,15-,16+/m1/s1. The molecule has 0 radical (unpaired) electrons. The molecule has 1 aromatic rings. The Balaban J connectivity index is 1.59. The largest absolute Gasteiger partial charge is 0.459 e. The van der Waals surface area contributed by atoms with Crippen LogP contribution in [0.4, 0.5) is 0 Å². The molecule has 2 aliphatic carbocycles. The van der Waals surface area contributed by atoms with E-state index in [2.05, 4.69) is 6.07 Å². The Kier molecular flexibility index (Phi) is 3.94. The predicted molar refractivity (Wildman–Crippen MR) is 76.5 cm³/mol. The van der Waals surface area contributed by atoms with Gasteiger partial charge in [-0.2, -0.15) is 5.26 Å². The Labute approximate surface area is 124 Å². The van der Waals surface area contributed by atoms with E-state index in [4.69, 9.17) is 14.7 Å². The molecule has 0 aromatic heterocycles. The van der Waals surface area contributed by atoms with Crippen LogP contribution >= 0.6 is 0 Å². The predicted octanol–water partition coefficient (Wildman–Crippen LogP) is 2.77. The number of carbonyl (C=O) groups excluding carboxylic acids is 1. The third-order valence-corrected chi connectivity index (χ3v) is 4.50. The fourth-order valence-corrected chi connectivity index (χ4v) is 3.20. The van der Waals surface area contributed by atoms with Crippen molar-refractivity contribution in [3.8, 4) is 6.07 Å². The first kappa shape index (κ1) is 14.1. The Morgan fingerprint density at radius 3 is 2.90 bits per heavy atom. The third kappa shape index (κ3) is 2.93. The van der Waals surface area contributed by atoms with Gasteiger partial charge >= 0.3 is 5.97 Å². The van der Waals surface area contributed by atoms with Gasteiger partial charge in [0.05, 0.1) is 23.7 Å². The van der Waals surface area contributed by atoms with E-state index in [1.54, 1.807) is 13.2 Å². The maximum atomic E-state index is 12.2. The average molecular weight is 285 g/mol. The summed E-state index contributed by atoms with van der Waals surface area (Å²) < 4.78 is 11.0. The van der Waals surface area contributed by atoms with Gasteiger partial charge in [0.15, 0.2) is 0 Å². The van der Waals surface area contributed by atoms with Crippen molar-refractivity contribution in [1.29, 1.82) is 5.26 Å². The van der Waals surface area contributed by atoms with Gasteiger partial charge in [-0.3, -0.25) is 4.79 Å². The SMILES string of the molecule is CO[C@@H]1CCC[C@@H]1OC(=O)[C@H]1C[C@@H]1c1cccc(C#N)c1. The van der Waals surface area contributed by atoms with E-state index in [9.17, 15) is 4.79 Å². The van der Waals surface area contributed by atoms with Crippen molar-refractivity contribution >= 4 is 5.97 Å². The number of nitrogens with zero attached hydrogens (tertiary/aromatic N) is 1. The molecular formula is C17H19NO3. The fraction of sp³-hybridized carbons (Fsp3) is 0.529. The van der Waals surface area contributed by atoms with E-state index < -0.39 is 0 Å². The quantitative estimate of drug-likeness (QED) is 0.798. The van der Waals surface area contributed by atoms with Crippen LogP contribution in [0, 0.1) is 17.2 Å². The number of ether oxygens (including phenoxy) is 2. The molecule has 0 saturated heterocycles. The van der Waals surface area contributed by atoms with Gasteiger partial charge < -0.3 is 9.47 Å². The van der Waals surface area contributed by atoms with Crippen molar-refractivity contribution < 1.29 is 14.3 Å². The third-order valence-electron chi connectivity index (χ3n) is 4.50. The summed E-state index contributed by atoms with van der Waals surface area (Å²) in [5, 5.41) is 8.93. The zero-order valence-corrected chi connectivity index (χ0v) is 12.1. The van der Waals surface area contributed by atoms with Crippen LogP contribution in [0.1, 0.15) is 42.7 Å². The van der Waals surface area contributed by atoms with Gasteiger partial charge in [0, 0.05) is 7.11 Å². The molecule has 21 heavy (non-hydrogen) atoms. The molecular weight excluding hydrogens is 266 g/mol. The highest BCUT2D eigenvalue weighted by atomic mass is 16.6. The molecule has 0 spiro atoms. The van der Waals surface area contributed by atoms with Crippen LogP contribution in [0.3, 0.4) is 0 Å². The van der Waals surface area contributed by atoms with Crippen molar-refractivity contribution in [2.75, 3.05) is 7.11 Å². The summed E-state index contributed by atoms with van der Waals surface area (Å²) in [7, 11) is 1.67. The minimum Gasteiger partial charge on any atom is -0.459 e.